The predicted molar refractivity (Wildman–Crippen MR) is 499 cm³/mol. The molecule has 4 heterocycles. The number of benzene rings is 4. The van der Waals surface area contributed by atoms with Crippen LogP contribution in [0.3, 0.4) is 0 Å². The number of allylic oxidation sites excluding steroid dienone is 4. The van der Waals surface area contributed by atoms with Crippen LogP contribution in [0, 0.1) is 11.8 Å². The van der Waals surface area contributed by atoms with Gasteiger partial charge in [0.15, 0.2) is 11.8 Å². The molecular weight excluding hydrogens is 1790 g/mol. The number of ether oxygens (including phenoxy) is 5. The first-order valence-corrected chi connectivity index (χ1v) is 48.9. The molecule has 0 spiro atoms. The number of halogens is 1. The van der Waals surface area contributed by atoms with Crippen molar-refractivity contribution in [3.63, 3.8) is 0 Å². The first-order chi connectivity index (χ1) is 62.2. The van der Waals surface area contributed by atoms with Gasteiger partial charge in [0.2, 0.25) is 53.2 Å². The number of esters is 2. The fourth-order valence-corrected chi connectivity index (χ4v) is 20.6. The number of carbonyl (C=O) groups is 13. The van der Waals surface area contributed by atoms with Gasteiger partial charge in [0.25, 0.3) is 0 Å². The third-order valence-electron chi connectivity index (χ3n) is 24.1. The highest BCUT2D eigenvalue weighted by molar-refractivity contribution is 8.77. The summed E-state index contributed by atoms with van der Waals surface area (Å²) in [5.74, 6) is -12.1. The highest BCUT2D eigenvalue weighted by Gasteiger charge is 2.65. The first-order valence-electron chi connectivity index (χ1n) is 43.6. The molecule has 4 aromatic carbocycles. The molecule has 0 saturated carbocycles. The molecule has 0 radical (unpaired) electrons. The number of nitrogens with zero attached hydrogens (tertiary/aromatic N) is 2. The zero-order chi connectivity index (χ0) is 95.7. The Labute approximate surface area is 783 Å². The van der Waals surface area contributed by atoms with Crippen LogP contribution in [0.4, 0.5) is 5.69 Å². The normalized spacial score (nSPS) is 26.2. The number of carboxylic acids is 1. The van der Waals surface area contributed by atoms with Crippen LogP contribution in [-0.2, 0) is 114 Å². The fraction of sp³-hybridized carbons (Fsp3) is 0.533. The second-order valence-electron chi connectivity index (χ2n) is 34.0. The summed E-state index contributed by atoms with van der Waals surface area (Å²) in [7, 11) is 10.5. The minimum Gasteiger partial charge on any atom is -0.508 e. The lowest BCUT2D eigenvalue weighted by atomic mass is 9.78. The number of ketones is 1. The number of nitrogens with one attached hydrogen (secondary N) is 7. The van der Waals surface area contributed by atoms with E-state index in [1.54, 1.807) is 69.4 Å². The number of likely N-dealkylation sites (N-methyl/N-ethyl adjacent to an activating group) is 1. The maximum absolute atomic E-state index is 15.2. The molecule has 3 fully saturated rings. The zero-order valence-electron chi connectivity index (χ0n) is 75.1. The van der Waals surface area contributed by atoms with Gasteiger partial charge in [0.05, 0.1) is 62.1 Å². The monoisotopic (exact) mass is 1910 g/mol. The molecular formula is C92H122ClN11O23S4. The molecule has 714 valence electrons. The van der Waals surface area contributed by atoms with Gasteiger partial charge >= 0.3 is 17.9 Å². The first kappa shape index (κ1) is 105. The van der Waals surface area contributed by atoms with E-state index in [1.165, 1.54) is 78.6 Å². The van der Waals surface area contributed by atoms with Crippen LogP contribution in [0.2, 0.25) is 5.02 Å². The molecule has 3 saturated heterocycles. The lowest BCUT2D eigenvalue weighted by molar-refractivity contribution is -0.192. The number of hydrogen-bond acceptors (Lipinski definition) is 28. The van der Waals surface area contributed by atoms with E-state index in [-0.39, 0.29) is 106 Å². The second kappa shape index (κ2) is 49.4. The summed E-state index contributed by atoms with van der Waals surface area (Å²) >= 11 is 6.89. The highest BCUT2D eigenvalue weighted by atomic mass is 35.5. The number of phenolic OH excluding ortho intramolecular Hbond substituents is 1. The van der Waals surface area contributed by atoms with Gasteiger partial charge < -0.3 is 108 Å². The van der Waals surface area contributed by atoms with Gasteiger partial charge in [-0.3, -0.25) is 52.7 Å². The Hall–Kier alpha value is -9.58. The topological polar surface area (TPSA) is 515 Å². The van der Waals surface area contributed by atoms with Crippen LogP contribution in [0.5, 0.6) is 11.5 Å². The molecule has 0 aromatic heterocycles. The maximum Gasteiger partial charge on any atom is 0.328 e. The number of amides is 9. The molecule has 18 atom stereocenters. The van der Waals surface area contributed by atoms with Gasteiger partial charge in [-0.25, -0.2) is 9.59 Å². The summed E-state index contributed by atoms with van der Waals surface area (Å²) in [5.41, 5.74) is 15.8. The molecule has 9 amide bonds. The number of nitrogens with two attached hydrogens (primary N) is 2. The Bertz CT molecular complexity index is 4840. The molecule has 4 bridgehead atoms. The third-order valence-corrected chi connectivity index (χ3v) is 29.3. The van der Waals surface area contributed by atoms with Crippen molar-refractivity contribution in [2.45, 2.75) is 241 Å². The molecule has 131 heavy (non-hydrogen) atoms. The van der Waals surface area contributed by atoms with Gasteiger partial charge in [0, 0.05) is 94.7 Å². The van der Waals surface area contributed by atoms with Gasteiger partial charge in [-0.1, -0.05) is 152 Å². The lowest BCUT2D eigenvalue weighted by Crippen LogP contribution is -2.62. The minimum absolute atomic E-state index is 0.00645. The molecule has 16 N–H and O–H groups in total. The number of aliphatic hydroxyl groups is 3. The van der Waals surface area contributed by atoms with Crippen LogP contribution in [-0.4, -0.2) is 261 Å². The van der Waals surface area contributed by atoms with Gasteiger partial charge in [-0.05, 0) is 156 Å². The highest BCUT2D eigenvalue weighted by Crippen LogP contribution is 2.50. The number of fused-ring (bicyclic) bond motifs is 6. The number of Topliss-reactive ketones (excluding diaryl/α,β-unsaturated/α-hetero) is 1. The van der Waals surface area contributed by atoms with Crippen LogP contribution in [0.1, 0.15) is 146 Å². The van der Waals surface area contributed by atoms with Crippen LogP contribution in [0.25, 0.3) is 5.57 Å². The van der Waals surface area contributed by atoms with Crippen molar-refractivity contribution in [2.75, 3.05) is 62.8 Å². The van der Waals surface area contributed by atoms with Crippen molar-refractivity contribution in [1.82, 2.24) is 42.1 Å². The number of carbonyl (C=O) groups excluding carboxylic acids is 12. The summed E-state index contributed by atoms with van der Waals surface area (Å²) in [4.78, 5) is 187. The Morgan fingerprint density at radius 3 is 2.18 bits per heavy atom. The van der Waals surface area contributed by atoms with E-state index in [0.29, 0.717) is 64.5 Å². The van der Waals surface area contributed by atoms with Crippen molar-refractivity contribution < 1.29 is 112 Å². The smallest absolute Gasteiger partial charge is 0.328 e. The average Bonchev–Trinajstić information content (AvgIpc) is 1.57. The molecule has 0 unspecified atom stereocenters. The molecule has 34 nitrogen and oxygen atoms in total. The number of anilines is 1. The minimum atomic E-state index is -1.87. The Balaban J connectivity index is 0.818. The summed E-state index contributed by atoms with van der Waals surface area (Å²) in [6.45, 7) is 9.57. The van der Waals surface area contributed by atoms with Gasteiger partial charge in [0.1, 0.15) is 70.1 Å². The Morgan fingerprint density at radius 1 is 0.824 bits per heavy atom. The van der Waals surface area contributed by atoms with Crippen LogP contribution >= 0.6 is 54.8 Å². The van der Waals surface area contributed by atoms with E-state index in [1.807, 2.05) is 55.5 Å². The average molecular weight is 1910 g/mol. The number of phenols is 1. The number of carboxylic acid groups (broad SMARTS) is 1. The van der Waals surface area contributed by atoms with Gasteiger partial charge in [-0.2, -0.15) is 0 Å². The van der Waals surface area contributed by atoms with E-state index in [2.05, 4.69) is 37.2 Å². The molecule has 4 aromatic rings. The second-order valence-corrected chi connectivity index (χ2v) is 39.7. The summed E-state index contributed by atoms with van der Waals surface area (Å²) in [6.07, 6.45) is 1.03. The molecule has 9 rings (SSSR count). The third kappa shape index (κ3) is 29.7. The number of aliphatic hydroxyl groups excluding tert-OH is 2. The molecule has 5 aliphatic rings. The number of aliphatic carboxylic acids is 1. The zero-order valence-corrected chi connectivity index (χ0v) is 79.1. The molecule has 4 aliphatic heterocycles. The fourth-order valence-electron chi connectivity index (χ4n) is 16.0. The number of epoxide rings is 1. The summed E-state index contributed by atoms with van der Waals surface area (Å²) in [5, 5.41) is 72.4. The quantitative estimate of drug-likeness (QED) is 0.0131. The van der Waals surface area contributed by atoms with E-state index in [4.69, 9.17) is 46.8 Å². The standard InChI is InChI=1S/C92H122ClN11O23S4/c1-50-17-11-14-21-73(124-10)92(122)45-72(125-78(112)46-92)51(2)82-91(6,127-82)74(44-77(111)104(8)69-40-58(37-50)41-71(123-9)79(69)93)126-90(121)52(3)103(7)76(110)33-36-129-128-35-32-75(109)96-47-57-24-22-56(23-25-57)39-64(95)84(114)99-67-48-130-131-49-68(87(117)102-81(54(5)106)89(119)120)100-88(118)80(53(4)105)101-85(115)65(20-15-16-34-94)97-86(116)66(42-60-29-28-59-18-12-13-19-63(59)60)98-83(113)61(43-70(67)108)38-55-26-30-62(107)31-27-55/h11-14,17-19,22-27,29-31,40-41,51-54,61,64-68,72-74,80-82,105-107,122H,15-16,20-21,28,32-39,42-49,94-95H2,1-10H3,(H,96,109)(H,97,116)(H,98,113)(H,99,114)(H,100,118)(H,101,115)(H,102,117)(H,119,120)/b14-11+,50-17+/t51-,52+,53-,54-,61-,64-,65+,66-,67+,68+,72+,73-,74+,80+,81+,82+,91+,92-/m1/s1. The number of hydrogen-bond donors (Lipinski definition) is 14. The number of methoxy groups -OCH3 is 2. The predicted octanol–water partition coefficient (Wildman–Crippen LogP) is 5.33. The maximum atomic E-state index is 15.2. The van der Waals surface area contributed by atoms with Crippen molar-refractivity contribution in [2.24, 2.45) is 23.3 Å². The van der Waals surface area contributed by atoms with E-state index < -0.39 is 192 Å². The van der Waals surface area contributed by atoms with Gasteiger partial charge in [-0.15, -0.1) is 0 Å². The SMILES string of the molecule is COc1cc2cc(c1Cl)N(C)C(=O)C[C@H](OC(=O)[C@H](C)N(C)C(=O)CCSSCCC(=O)NCc1ccc(C[C@@H](N)C(=O)N[C@H]3CSSC[C@@H](C(=O)N[C@H](C(=O)O)[C@@H](C)O)NC(=O)[C@H]([C@@H](C)O)NC(=O)[C@H](CCCCN)NC(=O)[C@@H](CC4=CCc5ccccc54)NC(=O)[C@H](Cc4ccc(O)cc4)CC3=O)cc1)[C@]1(C)O[C@H]1[C@H](C)[C@@H]1C[C@@](O)(CC(=O)O1)[C@H](OC)C/C=C/C=C(\C)C2. The van der Waals surface area contributed by atoms with E-state index >= 15 is 9.59 Å². The van der Waals surface area contributed by atoms with Crippen molar-refractivity contribution in [3.8, 4) is 11.5 Å². The van der Waals surface area contributed by atoms with Crippen molar-refractivity contribution >= 4 is 143 Å². The van der Waals surface area contributed by atoms with Crippen molar-refractivity contribution in [1.29, 1.82) is 0 Å². The largest absolute Gasteiger partial charge is 0.508 e. The summed E-state index contributed by atoms with van der Waals surface area (Å²) in [6, 6.07) is 11.8. The van der Waals surface area contributed by atoms with E-state index in [0.717, 1.165) is 50.8 Å². The lowest BCUT2D eigenvalue weighted by Gasteiger charge is -2.42. The number of rotatable bonds is 31. The van der Waals surface area contributed by atoms with Crippen molar-refractivity contribution in [3.05, 3.63) is 153 Å². The molecule has 39 heteroatoms. The summed E-state index contributed by atoms with van der Waals surface area (Å²) < 4.78 is 30.0. The number of unbranched alkanes of at least 4 members (excludes halogenated alkanes) is 1. The van der Waals surface area contributed by atoms with Crippen LogP contribution < -0.4 is 58.3 Å². The molecule has 1 aliphatic carbocycles. The Morgan fingerprint density at radius 2 is 1.50 bits per heavy atom. The Kier molecular flexibility index (Phi) is 39.7. The van der Waals surface area contributed by atoms with Crippen LogP contribution in [0.15, 0.2) is 115 Å². The number of aromatic hydroxyl groups is 1. The van der Waals surface area contributed by atoms with E-state index in [9.17, 15) is 78.3 Å².